The maximum atomic E-state index is 11.3. The largest absolute Gasteiger partial charge is 0.397 e. The molecule has 4 aliphatic carbocycles. The standard InChI is InChI=1S/C27H46O8S2/c1-17(2)25(35-37(31,32)33)11-6-18(3)22-9-10-23-21-8-7-19-16-20(34-36(28,29)30)12-14-26(19,4)24(21)13-15-27(22,23)5/h7,17-18,20-25H,6,8-16H2,1-5H3,(H,28,29,30)(H,31,32,33)/t18-,20?,21+,22-,23+,24+,25?,26+,27-/m1/s1. The SMILES string of the molecule is CC(C)C(CC[C@@H](C)[C@H]1CC[C@H]2[C@@H]3CC=C4CC(OS(=O)(=O)O)CC[C@]4(C)[C@H]3CC[C@]12C)OS(=O)(=O)O. The van der Waals surface area contributed by atoms with Crippen LogP contribution in [0.2, 0.25) is 0 Å². The van der Waals surface area contributed by atoms with E-state index in [0.29, 0.717) is 48.9 Å². The molecule has 0 amide bonds. The smallest absolute Gasteiger partial charge is 0.264 e. The third-order valence-corrected chi connectivity index (χ3v) is 12.0. The molecule has 0 bridgehead atoms. The van der Waals surface area contributed by atoms with Gasteiger partial charge in [-0.3, -0.25) is 9.11 Å². The summed E-state index contributed by atoms with van der Waals surface area (Å²) in [4.78, 5) is 0. The predicted octanol–water partition coefficient (Wildman–Crippen LogP) is 6.01. The van der Waals surface area contributed by atoms with Crippen LogP contribution < -0.4 is 0 Å². The van der Waals surface area contributed by atoms with Crippen LogP contribution in [0.1, 0.15) is 98.8 Å². The van der Waals surface area contributed by atoms with Crippen LogP contribution in [0.4, 0.5) is 0 Å². The number of rotatable bonds is 9. The minimum Gasteiger partial charge on any atom is -0.264 e. The predicted molar refractivity (Wildman–Crippen MR) is 141 cm³/mol. The average molecular weight is 563 g/mol. The second-order valence-corrected chi connectivity index (χ2v) is 15.3. The van der Waals surface area contributed by atoms with Crippen molar-refractivity contribution < 1.29 is 34.3 Å². The van der Waals surface area contributed by atoms with Crippen molar-refractivity contribution in [2.45, 2.75) is 111 Å². The first kappa shape index (κ1) is 29.5. The van der Waals surface area contributed by atoms with E-state index in [1.807, 2.05) is 13.8 Å². The van der Waals surface area contributed by atoms with Crippen LogP contribution >= 0.6 is 0 Å². The third-order valence-electron chi connectivity index (χ3n) is 11.0. The molecule has 0 saturated heterocycles. The van der Waals surface area contributed by atoms with Gasteiger partial charge in [0, 0.05) is 0 Å². The number of allylic oxidation sites excluding steroid dienone is 1. The zero-order valence-corrected chi connectivity index (χ0v) is 24.6. The topological polar surface area (TPSA) is 127 Å². The van der Waals surface area contributed by atoms with E-state index in [4.69, 9.17) is 12.9 Å². The van der Waals surface area contributed by atoms with Crippen molar-refractivity contribution in [2.24, 2.45) is 46.3 Å². The summed E-state index contributed by atoms with van der Waals surface area (Å²) >= 11 is 0. The summed E-state index contributed by atoms with van der Waals surface area (Å²) in [5.74, 6) is 2.87. The highest BCUT2D eigenvalue weighted by Crippen LogP contribution is 2.67. The Hall–Kier alpha value is -0.520. The molecule has 9 atom stereocenters. The van der Waals surface area contributed by atoms with E-state index in [-0.39, 0.29) is 16.7 Å². The summed E-state index contributed by atoms with van der Waals surface area (Å²) in [6, 6.07) is 0. The fraction of sp³-hybridized carbons (Fsp3) is 0.926. The minimum atomic E-state index is -4.46. The van der Waals surface area contributed by atoms with Gasteiger partial charge in [0.05, 0.1) is 12.2 Å². The van der Waals surface area contributed by atoms with Crippen molar-refractivity contribution >= 4 is 20.8 Å². The number of hydrogen-bond acceptors (Lipinski definition) is 6. The summed E-state index contributed by atoms with van der Waals surface area (Å²) in [5, 5.41) is 0. The van der Waals surface area contributed by atoms with E-state index < -0.39 is 33.0 Å². The Labute approximate surface area is 223 Å². The molecular formula is C27H46O8S2. The average Bonchev–Trinajstić information content (AvgIpc) is 3.12. The fourth-order valence-electron chi connectivity index (χ4n) is 9.13. The van der Waals surface area contributed by atoms with Crippen molar-refractivity contribution in [2.75, 3.05) is 0 Å². The van der Waals surface area contributed by atoms with Crippen LogP contribution in [-0.4, -0.2) is 38.1 Å². The van der Waals surface area contributed by atoms with E-state index in [9.17, 15) is 21.4 Å². The molecule has 10 heteroatoms. The van der Waals surface area contributed by atoms with Gasteiger partial charge >= 0.3 is 20.8 Å². The lowest BCUT2D eigenvalue weighted by molar-refractivity contribution is -0.0566. The Kier molecular flexibility index (Phi) is 8.34. The summed E-state index contributed by atoms with van der Waals surface area (Å²) in [6.07, 6.45) is 10.7. The molecule has 0 heterocycles. The molecule has 0 spiro atoms. The number of hydrogen-bond donors (Lipinski definition) is 2. The number of fused-ring (bicyclic) bond motifs is 5. The quantitative estimate of drug-likeness (QED) is 0.258. The zero-order chi connectivity index (χ0) is 27.4. The van der Waals surface area contributed by atoms with Crippen LogP contribution in [0.3, 0.4) is 0 Å². The minimum absolute atomic E-state index is 0.00146. The summed E-state index contributed by atoms with van der Waals surface area (Å²) < 4.78 is 73.4. The van der Waals surface area contributed by atoms with Gasteiger partial charge in [-0.2, -0.15) is 16.8 Å². The van der Waals surface area contributed by atoms with Gasteiger partial charge in [-0.05, 0) is 111 Å². The molecule has 214 valence electrons. The van der Waals surface area contributed by atoms with Gasteiger partial charge in [0.1, 0.15) is 0 Å². The highest BCUT2D eigenvalue weighted by Gasteiger charge is 2.59. The van der Waals surface area contributed by atoms with E-state index in [1.165, 1.54) is 31.3 Å². The molecule has 2 unspecified atom stereocenters. The second-order valence-electron chi connectivity index (χ2n) is 13.2. The van der Waals surface area contributed by atoms with Gasteiger partial charge < -0.3 is 0 Å². The Morgan fingerprint density at radius 2 is 1.65 bits per heavy atom. The van der Waals surface area contributed by atoms with Crippen molar-refractivity contribution in [1.29, 1.82) is 0 Å². The lowest BCUT2D eigenvalue weighted by atomic mass is 9.47. The third kappa shape index (κ3) is 6.14. The van der Waals surface area contributed by atoms with Crippen molar-refractivity contribution in [1.82, 2.24) is 0 Å². The molecule has 0 aromatic carbocycles. The Morgan fingerprint density at radius 3 is 2.27 bits per heavy atom. The van der Waals surface area contributed by atoms with Gasteiger partial charge in [-0.1, -0.05) is 46.3 Å². The van der Waals surface area contributed by atoms with Crippen LogP contribution in [0, 0.1) is 46.3 Å². The summed E-state index contributed by atoms with van der Waals surface area (Å²) in [7, 11) is -8.90. The zero-order valence-electron chi connectivity index (χ0n) is 22.9. The van der Waals surface area contributed by atoms with Gasteiger partial charge in [0.2, 0.25) is 0 Å². The monoisotopic (exact) mass is 562 g/mol. The first-order chi connectivity index (χ1) is 17.0. The molecule has 0 radical (unpaired) electrons. The van der Waals surface area contributed by atoms with Crippen LogP contribution in [-0.2, 0) is 29.2 Å². The Morgan fingerprint density at radius 1 is 0.946 bits per heavy atom. The van der Waals surface area contributed by atoms with Gasteiger partial charge in [0.25, 0.3) is 0 Å². The molecule has 0 aromatic rings. The molecule has 4 rings (SSSR count). The van der Waals surface area contributed by atoms with Gasteiger partial charge in [-0.25, -0.2) is 8.37 Å². The van der Waals surface area contributed by atoms with E-state index >= 15 is 0 Å². The van der Waals surface area contributed by atoms with E-state index in [2.05, 4.69) is 26.8 Å². The lowest BCUT2D eigenvalue weighted by Gasteiger charge is -2.58. The molecule has 2 N–H and O–H groups in total. The van der Waals surface area contributed by atoms with E-state index in [0.717, 1.165) is 19.3 Å². The van der Waals surface area contributed by atoms with E-state index in [1.54, 1.807) is 0 Å². The van der Waals surface area contributed by atoms with Gasteiger partial charge in [0.15, 0.2) is 0 Å². The Bertz CT molecular complexity index is 1080. The maximum absolute atomic E-state index is 11.3. The summed E-state index contributed by atoms with van der Waals surface area (Å²) in [6.45, 7) is 11.0. The molecule has 3 fully saturated rings. The lowest BCUT2D eigenvalue weighted by Crippen LogP contribution is -2.51. The molecule has 8 nitrogen and oxygen atoms in total. The fourth-order valence-corrected chi connectivity index (χ4v) is 10.3. The first-order valence-corrected chi connectivity index (χ1v) is 16.8. The van der Waals surface area contributed by atoms with Crippen molar-refractivity contribution in [3.8, 4) is 0 Å². The summed E-state index contributed by atoms with van der Waals surface area (Å²) in [5.41, 5.74) is 1.62. The van der Waals surface area contributed by atoms with Crippen LogP contribution in [0.25, 0.3) is 0 Å². The van der Waals surface area contributed by atoms with Crippen LogP contribution in [0.15, 0.2) is 11.6 Å². The van der Waals surface area contributed by atoms with Gasteiger partial charge in [-0.15, -0.1) is 0 Å². The molecule has 3 saturated carbocycles. The Balaban J connectivity index is 1.44. The molecule has 0 aromatic heterocycles. The molecule has 0 aliphatic heterocycles. The highest BCUT2D eigenvalue weighted by molar-refractivity contribution is 7.81. The maximum Gasteiger partial charge on any atom is 0.397 e. The second kappa shape index (κ2) is 10.5. The molecule has 37 heavy (non-hydrogen) atoms. The molecular weight excluding hydrogens is 516 g/mol. The van der Waals surface area contributed by atoms with Crippen molar-refractivity contribution in [3.05, 3.63) is 11.6 Å². The normalized spacial score (nSPS) is 39.9. The van der Waals surface area contributed by atoms with Crippen molar-refractivity contribution in [3.63, 3.8) is 0 Å². The highest BCUT2D eigenvalue weighted by atomic mass is 32.3. The first-order valence-electron chi connectivity index (χ1n) is 14.0. The molecule has 4 aliphatic rings. The van der Waals surface area contributed by atoms with Crippen LogP contribution in [0.5, 0.6) is 0 Å².